The van der Waals surface area contributed by atoms with Crippen LogP contribution in [0.15, 0.2) is 58.7 Å². The molecule has 0 unspecified atom stereocenters. The number of fused-ring (bicyclic) bond motifs is 2. The van der Waals surface area contributed by atoms with E-state index in [-0.39, 0.29) is 24.6 Å². The third-order valence-corrected chi connectivity index (χ3v) is 5.17. The van der Waals surface area contributed by atoms with Crippen LogP contribution < -0.4 is 5.56 Å². The summed E-state index contributed by atoms with van der Waals surface area (Å²) in [4.78, 5) is 29.4. The SMILES string of the molecule is Cc1csc2nc(COC(=O)Cc3cccc4ccccc34)cc(=O)n12. The molecule has 0 amide bonds. The van der Waals surface area contributed by atoms with Gasteiger partial charge in [0.15, 0.2) is 4.96 Å². The zero-order valence-corrected chi connectivity index (χ0v) is 15.0. The minimum atomic E-state index is -0.342. The second-order valence-electron chi connectivity index (χ2n) is 6.06. The van der Waals surface area contributed by atoms with Crippen LogP contribution in [0.3, 0.4) is 0 Å². The molecule has 6 heteroatoms. The summed E-state index contributed by atoms with van der Waals surface area (Å²) >= 11 is 1.39. The highest BCUT2D eigenvalue weighted by molar-refractivity contribution is 7.15. The first kappa shape index (κ1) is 16.5. The average molecular weight is 364 g/mol. The molecule has 0 aliphatic rings. The van der Waals surface area contributed by atoms with Crippen LogP contribution in [0, 0.1) is 6.92 Å². The van der Waals surface area contributed by atoms with Gasteiger partial charge in [0.1, 0.15) is 6.61 Å². The normalized spacial score (nSPS) is 11.1. The Labute approximate surface area is 153 Å². The number of nitrogens with zero attached hydrogens (tertiary/aromatic N) is 2. The van der Waals surface area contributed by atoms with Crippen molar-refractivity contribution in [1.82, 2.24) is 9.38 Å². The summed E-state index contributed by atoms with van der Waals surface area (Å²) in [5, 5.41) is 4.00. The number of carbonyl (C=O) groups excluding carboxylic acids is 1. The van der Waals surface area contributed by atoms with Gasteiger partial charge in [0.05, 0.1) is 12.1 Å². The third kappa shape index (κ3) is 3.11. The van der Waals surface area contributed by atoms with Crippen molar-refractivity contribution in [3.05, 3.63) is 81.2 Å². The second kappa shape index (κ2) is 6.72. The van der Waals surface area contributed by atoms with E-state index in [1.54, 1.807) is 4.40 Å². The van der Waals surface area contributed by atoms with Gasteiger partial charge >= 0.3 is 5.97 Å². The number of rotatable bonds is 4. The maximum Gasteiger partial charge on any atom is 0.310 e. The van der Waals surface area contributed by atoms with Crippen LogP contribution >= 0.6 is 11.3 Å². The van der Waals surface area contributed by atoms with Gasteiger partial charge in [-0.1, -0.05) is 42.5 Å². The molecular weight excluding hydrogens is 348 g/mol. The van der Waals surface area contributed by atoms with Crippen molar-refractivity contribution in [2.24, 2.45) is 0 Å². The lowest BCUT2D eigenvalue weighted by molar-refractivity contribution is -0.144. The maximum atomic E-state index is 12.3. The molecule has 0 bridgehead atoms. The Morgan fingerprint density at radius 3 is 2.88 bits per heavy atom. The minimum Gasteiger partial charge on any atom is -0.459 e. The largest absolute Gasteiger partial charge is 0.459 e. The molecule has 0 aliphatic heterocycles. The summed E-state index contributed by atoms with van der Waals surface area (Å²) in [6, 6.07) is 15.2. The molecular formula is C20H16N2O3S. The quantitative estimate of drug-likeness (QED) is 0.520. The van der Waals surface area contributed by atoms with Gasteiger partial charge < -0.3 is 4.74 Å². The van der Waals surface area contributed by atoms with E-state index in [0.717, 1.165) is 22.0 Å². The summed E-state index contributed by atoms with van der Waals surface area (Å²) in [7, 11) is 0. The van der Waals surface area contributed by atoms with Crippen LogP contribution in [0.25, 0.3) is 15.7 Å². The fourth-order valence-electron chi connectivity index (χ4n) is 2.98. The molecule has 0 spiro atoms. The van der Waals surface area contributed by atoms with Crippen molar-refractivity contribution in [2.75, 3.05) is 0 Å². The third-order valence-electron chi connectivity index (χ3n) is 4.22. The fourth-order valence-corrected chi connectivity index (χ4v) is 3.87. The summed E-state index contributed by atoms with van der Waals surface area (Å²) < 4.78 is 6.89. The molecule has 2 aromatic heterocycles. The highest BCUT2D eigenvalue weighted by atomic mass is 32.1. The van der Waals surface area contributed by atoms with Gasteiger partial charge in [-0.15, -0.1) is 11.3 Å². The smallest absolute Gasteiger partial charge is 0.310 e. The van der Waals surface area contributed by atoms with Crippen molar-refractivity contribution < 1.29 is 9.53 Å². The number of aromatic nitrogens is 2. The molecule has 4 aromatic rings. The number of hydrogen-bond acceptors (Lipinski definition) is 5. The van der Waals surface area contributed by atoms with E-state index in [1.165, 1.54) is 17.4 Å². The topological polar surface area (TPSA) is 60.7 Å². The first-order valence-corrected chi connectivity index (χ1v) is 9.09. The molecule has 0 saturated heterocycles. The number of hydrogen-bond donors (Lipinski definition) is 0. The van der Waals surface area contributed by atoms with Crippen molar-refractivity contribution in [3.8, 4) is 0 Å². The lowest BCUT2D eigenvalue weighted by Crippen LogP contribution is -2.16. The first-order chi connectivity index (χ1) is 12.6. The number of esters is 1. The predicted molar refractivity (Wildman–Crippen MR) is 102 cm³/mol. The van der Waals surface area contributed by atoms with E-state index in [4.69, 9.17) is 4.74 Å². The molecule has 0 radical (unpaired) electrons. The Hall–Kier alpha value is -2.99. The zero-order chi connectivity index (χ0) is 18.1. The highest BCUT2D eigenvalue weighted by Crippen LogP contribution is 2.19. The monoisotopic (exact) mass is 364 g/mol. The minimum absolute atomic E-state index is 0.00765. The molecule has 0 atom stereocenters. The zero-order valence-electron chi connectivity index (χ0n) is 14.1. The summed E-state index contributed by atoms with van der Waals surface area (Å²) in [6.45, 7) is 1.85. The van der Waals surface area contributed by atoms with Crippen LogP contribution in [0.1, 0.15) is 17.0 Å². The number of aryl methyl sites for hydroxylation is 1. The number of thiazole rings is 1. The summed E-state index contributed by atoms with van der Waals surface area (Å²) in [5.41, 5.74) is 2.07. The average Bonchev–Trinajstić information content (AvgIpc) is 3.02. The summed E-state index contributed by atoms with van der Waals surface area (Å²) in [6.07, 6.45) is 0.181. The van der Waals surface area contributed by atoms with Crippen LogP contribution in [0.4, 0.5) is 0 Å². The molecule has 2 heterocycles. The van der Waals surface area contributed by atoms with Gasteiger partial charge in [0.25, 0.3) is 5.56 Å². The van der Waals surface area contributed by atoms with Crippen molar-refractivity contribution in [2.45, 2.75) is 20.0 Å². The lowest BCUT2D eigenvalue weighted by atomic mass is 10.0. The van der Waals surface area contributed by atoms with Gasteiger partial charge in [-0.25, -0.2) is 4.98 Å². The number of carbonyl (C=O) groups is 1. The van der Waals surface area contributed by atoms with E-state index in [1.807, 2.05) is 54.8 Å². The van der Waals surface area contributed by atoms with Gasteiger partial charge in [-0.3, -0.25) is 14.0 Å². The van der Waals surface area contributed by atoms with Crippen LogP contribution in [-0.4, -0.2) is 15.4 Å². The van der Waals surface area contributed by atoms with Crippen LogP contribution in [0.2, 0.25) is 0 Å². The van der Waals surface area contributed by atoms with Gasteiger partial charge in [-0.05, 0) is 23.3 Å². The molecule has 4 rings (SSSR count). The second-order valence-corrected chi connectivity index (χ2v) is 6.89. The van der Waals surface area contributed by atoms with Gasteiger partial charge in [0.2, 0.25) is 0 Å². The van der Waals surface area contributed by atoms with E-state index >= 15 is 0 Å². The van der Waals surface area contributed by atoms with E-state index in [9.17, 15) is 9.59 Å². The van der Waals surface area contributed by atoms with Crippen LogP contribution in [0.5, 0.6) is 0 Å². The Morgan fingerprint density at radius 1 is 1.19 bits per heavy atom. The fraction of sp³-hybridized carbons (Fsp3) is 0.150. The van der Waals surface area contributed by atoms with Crippen LogP contribution in [-0.2, 0) is 22.6 Å². The van der Waals surface area contributed by atoms with Crippen molar-refractivity contribution in [3.63, 3.8) is 0 Å². The maximum absolute atomic E-state index is 12.3. The standard InChI is InChI=1S/C20H16N2O3S/c1-13-12-26-20-21-16(10-18(23)22(13)20)11-25-19(24)9-15-7-4-6-14-5-2-3-8-17(14)15/h2-8,10,12H,9,11H2,1H3. The van der Waals surface area contributed by atoms with Crippen molar-refractivity contribution >= 4 is 33.0 Å². The Kier molecular flexibility index (Phi) is 4.26. The van der Waals surface area contributed by atoms with Crippen molar-refractivity contribution in [1.29, 1.82) is 0 Å². The van der Waals surface area contributed by atoms with E-state index in [2.05, 4.69) is 4.98 Å². The molecule has 0 saturated carbocycles. The Balaban J connectivity index is 1.50. The molecule has 2 aromatic carbocycles. The molecule has 26 heavy (non-hydrogen) atoms. The van der Waals surface area contributed by atoms with E-state index in [0.29, 0.717) is 10.7 Å². The highest BCUT2D eigenvalue weighted by Gasteiger charge is 2.11. The first-order valence-electron chi connectivity index (χ1n) is 8.21. The van der Waals surface area contributed by atoms with Gasteiger partial charge in [0, 0.05) is 17.1 Å². The number of benzene rings is 2. The van der Waals surface area contributed by atoms with Gasteiger partial charge in [-0.2, -0.15) is 0 Å². The lowest BCUT2D eigenvalue weighted by Gasteiger charge is -2.07. The summed E-state index contributed by atoms with van der Waals surface area (Å²) in [5.74, 6) is -0.342. The van der Waals surface area contributed by atoms with E-state index < -0.39 is 0 Å². The molecule has 0 fully saturated rings. The molecule has 5 nitrogen and oxygen atoms in total. The molecule has 130 valence electrons. The Bertz CT molecular complexity index is 1170. The number of ether oxygens (including phenoxy) is 1. The molecule has 0 aliphatic carbocycles. The Morgan fingerprint density at radius 2 is 2.00 bits per heavy atom. The predicted octanol–water partition coefficient (Wildman–Crippen LogP) is 3.50. The molecule has 0 N–H and O–H groups in total.